The first-order valence-electron chi connectivity index (χ1n) is 10.2. The summed E-state index contributed by atoms with van der Waals surface area (Å²) in [5.41, 5.74) is 2.76. The molecule has 0 radical (unpaired) electrons. The van der Waals surface area contributed by atoms with Gasteiger partial charge in [0.25, 0.3) is 0 Å². The Kier molecular flexibility index (Phi) is 7.78. The second-order valence-electron chi connectivity index (χ2n) is 7.13. The molecule has 156 valence electrons. The number of hydrogen-bond donors (Lipinski definition) is 1. The number of carbonyl (C=O) groups excluding carboxylic acids is 2. The van der Waals surface area contributed by atoms with Crippen molar-refractivity contribution in [3.63, 3.8) is 0 Å². The van der Waals surface area contributed by atoms with Crippen LogP contribution in [0, 0.1) is 0 Å². The van der Waals surface area contributed by atoms with E-state index >= 15 is 0 Å². The van der Waals surface area contributed by atoms with Crippen LogP contribution in [0.25, 0.3) is 0 Å². The van der Waals surface area contributed by atoms with Crippen molar-refractivity contribution in [1.82, 2.24) is 14.9 Å². The molecule has 6 heteroatoms. The highest BCUT2D eigenvalue weighted by molar-refractivity contribution is 5.98. The Labute approximate surface area is 176 Å². The number of Topliss-reactive ketones (excluding diaryl/α,β-unsaturated/α-hetero) is 1. The molecule has 3 rings (SSSR count). The average Bonchev–Trinajstić information content (AvgIpc) is 3.28. The number of aromatic nitrogens is 2. The maximum Gasteiger partial charge on any atom is 0.220 e. The number of nitrogens with one attached hydrogen (secondary N) is 1. The molecular weight excluding hydrogens is 378 g/mol. The lowest BCUT2D eigenvalue weighted by molar-refractivity contribution is -0.121. The first-order chi connectivity index (χ1) is 14.6. The fourth-order valence-corrected chi connectivity index (χ4v) is 3.05. The van der Waals surface area contributed by atoms with Crippen LogP contribution in [0.15, 0.2) is 67.3 Å². The monoisotopic (exact) mass is 405 g/mol. The molecule has 0 spiro atoms. The van der Waals surface area contributed by atoms with Crippen LogP contribution in [-0.4, -0.2) is 27.8 Å². The summed E-state index contributed by atoms with van der Waals surface area (Å²) in [6.45, 7) is 3.87. The van der Waals surface area contributed by atoms with E-state index in [9.17, 15) is 9.59 Å². The molecule has 3 aromatic rings. The molecule has 0 aliphatic carbocycles. The van der Waals surface area contributed by atoms with Gasteiger partial charge in [0.15, 0.2) is 5.78 Å². The SMILES string of the molecule is CCCOc1ccc(C(=O)CCC(=O)NCc2cccc(Cn3ccnc3)c2)cc1. The van der Waals surface area contributed by atoms with Crippen molar-refractivity contribution in [2.75, 3.05) is 6.61 Å². The van der Waals surface area contributed by atoms with Crippen molar-refractivity contribution in [2.24, 2.45) is 0 Å². The molecule has 1 aromatic heterocycles. The molecule has 0 saturated carbocycles. The first-order valence-corrected chi connectivity index (χ1v) is 10.2. The van der Waals surface area contributed by atoms with Gasteiger partial charge in [0, 0.05) is 43.9 Å². The number of benzene rings is 2. The zero-order valence-corrected chi connectivity index (χ0v) is 17.2. The van der Waals surface area contributed by atoms with E-state index in [1.165, 1.54) is 0 Å². The smallest absolute Gasteiger partial charge is 0.220 e. The molecule has 0 atom stereocenters. The third-order valence-electron chi connectivity index (χ3n) is 4.63. The molecule has 0 bridgehead atoms. The molecule has 0 saturated heterocycles. The third-order valence-corrected chi connectivity index (χ3v) is 4.63. The van der Waals surface area contributed by atoms with Gasteiger partial charge in [-0.15, -0.1) is 0 Å². The quantitative estimate of drug-likeness (QED) is 0.490. The first kappa shape index (κ1) is 21.3. The summed E-state index contributed by atoms with van der Waals surface area (Å²) >= 11 is 0. The van der Waals surface area contributed by atoms with Crippen LogP contribution < -0.4 is 10.1 Å². The van der Waals surface area contributed by atoms with Crippen LogP contribution in [0.4, 0.5) is 0 Å². The molecule has 0 fully saturated rings. The molecule has 0 aliphatic heterocycles. The van der Waals surface area contributed by atoms with Gasteiger partial charge in [-0.3, -0.25) is 9.59 Å². The summed E-state index contributed by atoms with van der Waals surface area (Å²) in [6, 6.07) is 15.1. The summed E-state index contributed by atoms with van der Waals surface area (Å²) in [5.74, 6) is 0.571. The van der Waals surface area contributed by atoms with Crippen molar-refractivity contribution >= 4 is 11.7 Å². The molecule has 0 aliphatic rings. The van der Waals surface area contributed by atoms with Crippen molar-refractivity contribution in [3.05, 3.63) is 83.9 Å². The van der Waals surface area contributed by atoms with E-state index in [2.05, 4.69) is 16.4 Å². The Morgan fingerprint density at radius 3 is 2.60 bits per heavy atom. The minimum atomic E-state index is -0.133. The van der Waals surface area contributed by atoms with Crippen LogP contribution in [0.3, 0.4) is 0 Å². The number of hydrogen-bond acceptors (Lipinski definition) is 4. The Balaban J connectivity index is 1.43. The maximum absolute atomic E-state index is 12.3. The largest absolute Gasteiger partial charge is 0.494 e. The minimum absolute atomic E-state index is 0.0467. The van der Waals surface area contributed by atoms with Gasteiger partial charge in [0.2, 0.25) is 5.91 Å². The molecule has 1 heterocycles. The predicted octanol–water partition coefficient (Wildman–Crippen LogP) is 4.00. The number of rotatable bonds is 11. The maximum atomic E-state index is 12.3. The second-order valence-corrected chi connectivity index (χ2v) is 7.13. The van der Waals surface area contributed by atoms with Gasteiger partial charge in [-0.2, -0.15) is 0 Å². The van der Waals surface area contributed by atoms with E-state index in [4.69, 9.17) is 4.74 Å². The lowest BCUT2D eigenvalue weighted by atomic mass is 10.1. The summed E-state index contributed by atoms with van der Waals surface area (Å²) in [6.07, 6.45) is 6.72. The molecule has 1 amide bonds. The standard InChI is InChI=1S/C24H27N3O3/c1-2-14-30-22-8-6-21(7-9-22)23(28)10-11-24(29)26-16-19-4-3-5-20(15-19)17-27-13-12-25-18-27/h3-9,12-13,15,18H,2,10-11,14,16-17H2,1H3,(H,26,29). The van der Waals surface area contributed by atoms with Gasteiger partial charge in [-0.25, -0.2) is 4.98 Å². The van der Waals surface area contributed by atoms with Crippen LogP contribution in [0.1, 0.15) is 47.7 Å². The highest BCUT2D eigenvalue weighted by Gasteiger charge is 2.10. The fourth-order valence-electron chi connectivity index (χ4n) is 3.05. The van der Waals surface area contributed by atoms with Gasteiger partial charge < -0.3 is 14.6 Å². The van der Waals surface area contributed by atoms with Crippen molar-refractivity contribution < 1.29 is 14.3 Å². The van der Waals surface area contributed by atoms with E-state index < -0.39 is 0 Å². The summed E-state index contributed by atoms with van der Waals surface area (Å²) in [4.78, 5) is 28.5. The van der Waals surface area contributed by atoms with Gasteiger partial charge in [-0.1, -0.05) is 31.2 Å². The average molecular weight is 405 g/mol. The van der Waals surface area contributed by atoms with E-state index in [0.717, 1.165) is 29.8 Å². The molecule has 30 heavy (non-hydrogen) atoms. The van der Waals surface area contributed by atoms with Gasteiger partial charge in [-0.05, 0) is 41.8 Å². The number of imidazole rings is 1. The Morgan fingerprint density at radius 2 is 1.87 bits per heavy atom. The van der Waals surface area contributed by atoms with Crippen molar-refractivity contribution in [1.29, 1.82) is 0 Å². The molecule has 0 unspecified atom stereocenters. The normalized spacial score (nSPS) is 10.6. The van der Waals surface area contributed by atoms with Crippen molar-refractivity contribution in [2.45, 2.75) is 39.3 Å². The lowest BCUT2D eigenvalue weighted by Gasteiger charge is -2.08. The van der Waals surface area contributed by atoms with E-state index in [-0.39, 0.29) is 24.5 Å². The van der Waals surface area contributed by atoms with Crippen molar-refractivity contribution in [3.8, 4) is 5.75 Å². The van der Waals surface area contributed by atoms with Crippen LogP contribution >= 0.6 is 0 Å². The van der Waals surface area contributed by atoms with Crippen LogP contribution in [0.5, 0.6) is 5.75 Å². The molecule has 2 aromatic carbocycles. The predicted molar refractivity (Wildman–Crippen MR) is 115 cm³/mol. The lowest BCUT2D eigenvalue weighted by Crippen LogP contribution is -2.23. The minimum Gasteiger partial charge on any atom is -0.494 e. The number of nitrogens with zero attached hydrogens (tertiary/aromatic N) is 2. The molecule has 1 N–H and O–H groups in total. The van der Waals surface area contributed by atoms with Crippen LogP contribution in [-0.2, 0) is 17.9 Å². The highest BCUT2D eigenvalue weighted by Crippen LogP contribution is 2.14. The summed E-state index contributed by atoms with van der Waals surface area (Å²) in [5, 5.41) is 2.89. The topological polar surface area (TPSA) is 73.2 Å². The second kappa shape index (κ2) is 11.0. The van der Waals surface area contributed by atoms with E-state index in [0.29, 0.717) is 18.7 Å². The number of ketones is 1. The zero-order valence-electron chi connectivity index (χ0n) is 17.2. The molecule has 6 nitrogen and oxygen atoms in total. The zero-order chi connectivity index (χ0) is 21.2. The number of ether oxygens (including phenoxy) is 1. The van der Waals surface area contributed by atoms with E-state index in [1.807, 2.05) is 35.9 Å². The third kappa shape index (κ3) is 6.58. The number of carbonyl (C=O) groups is 2. The van der Waals surface area contributed by atoms with Crippen LogP contribution in [0.2, 0.25) is 0 Å². The summed E-state index contributed by atoms with van der Waals surface area (Å²) < 4.78 is 7.51. The Bertz CT molecular complexity index is 950. The highest BCUT2D eigenvalue weighted by atomic mass is 16.5. The Hall–Kier alpha value is -3.41. The Morgan fingerprint density at radius 1 is 1.07 bits per heavy atom. The fraction of sp³-hybridized carbons (Fsp3) is 0.292. The van der Waals surface area contributed by atoms with Gasteiger partial charge in [0.1, 0.15) is 5.75 Å². The van der Waals surface area contributed by atoms with Gasteiger partial charge in [0.05, 0.1) is 12.9 Å². The van der Waals surface area contributed by atoms with E-state index in [1.54, 1.807) is 36.8 Å². The number of amides is 1. The molecular formula is C24H27N3O3. The summed E-state index contributed by atoms with van der Waals surface area (Å²) in [7, 11) is 0. The van der Waals surface area contributed by atoms with Gasteiger partial charge >= 0.3 is 0 Å².